The molecule has 0 fully saturated rings. The lowest BCUT2D eigenvalue weighted by Gasteiger charge is -2.12. The molecule has 1 nitrogen and oxygen atoms in total. The molecule has 0 aromatic carbocycles. The van der Waals surface area contributed by atoms with Crippen LogP contribution in [0.4, 0.5) is 0 Å². The van der Waals surface area contributed by atoms with Gasteiger partial charge in [0.05, 0.1) is 0 Å². The topological polar surface area (TPSA) is 9.23 Å². The van der Waals surface area contributed by atoms with Crippen molar-refractivity contribution in [3.63, 3.8) is 0 Å². The predicted octanol–water partition coefficient (Wildman–Crippen LogP) is 2.20. The largest absolute Gasteiger partial charge is 0.367 e. The maximum atomic E-state index is 5.12. The molecule has 0 spiro atoms. The van der Waals surface area contributed by atoms with E-state index in [4.69, 9.17) is 17.4 Å². The summed E-state index contributed by atoms with van der Waals surface area (Å²) in [4.78, 5) is 0. The molecule has 8 heavy (non-hydrogen) atoms. The summed E-state index contributed by atoms with van der Waals surface area (Å²) in [6, 6.07) is 0. The molecular weight excluding hydrogens is 120 g/mol. The van der Waals surface area contributed by atoms with Crippen LogP contribution in [0.1, 0.15) is 20.8 Å². The maximum absolute atomic E-state index is 5.12. The summed E-state index contributed by atoms with van der Waals surface area (Å²) < 4.78 is 5.12. The third kappa shape index (κ3) is 3.33. The minimum absolute atomic E-state index is 0.000000000000000222. The number of ether oxygens (including phenoxy) is 1. The smallest absolute Gasteiger partial charge is 0.115 e. The van der Waals surface area contributed by atoms with E-state index < -0.39 is 0 Å². The molecule has 0 N–H and O–H groups in total. The molecule has 0 aliphatic heterocycles. The summed E-state index contributed by atoms with van der Waals surface area (Å²) in [5.74, 6) is 0.463. The van der Waals surface area contributed by atoms with Crippen LogP contribution in [0.2, 0.25) is 0 Å². The first-order valence-corrected chi connectivity index (χ1v) is 3.43. The van der Waals surface area contributed by atoms with Gasteiger partial charge in [-0.15, -0.1) is 0 Å². The van der Waals surface area contributed by atoms with Crippen molar-refractivity contribution < 1.29 is 4.74 Å². The van der Waals surface area contributed by atoms with Crippen molar-refractivity contribution in [2.45, 2.75) is 26.2 Å². The van der Waals surface area contributed by atoms with Crippen LogP contribution >= 0.6 is 12.6 Å². The van der Waals surface area contributed by atoms with Gasteiger partial charge in [-0.3, -0.25) is 0 Å². The second kappa shape index (κ2) is 4.21. The molecule has 0 aliphatic carbocycles. The second-order valence-electron chi connectivity index (χ2n) is 2.07. The molecule has 1 unspecified atom stereocenters. The van der Waals surface area contributed by atoms with Gasteiger partial charge in [0.2, 0.25) is 0 Å². The molecular formula is C6H13OS. The quantitative estimate of drug-likeness (QED) is 0.573. The molecule has 0 heterocycles. The van der Waals surface area contributed by atoms with E-state index in [9.17, 15) is 0 Å². The minimum Gasteiger partial charge on any atom is -0.367 e. The molecule has 0 saturated heterocycles. The van der Waals surface area contributed by atoms with Gasteiger partial charge in [0.1, 0.15) is 5.44 Å². The lowest BCUT2D eigenvalue weighted by atomic mass is 10.2. The maximum Gasteiger partial charge on any atom is 0.115 e. The average Bonchev–Trinajstić information content (AvgIpc) is 1.67. The van der Waals surface area contributed by atoms with E-state index in [1.54, 1.807) is 0 Å². The van der Waals surface area contributed by atoms with Crippen LogP contribution in [0.15, 0.2) is 0 Å². The van der Waals surface area contributed by atoms with Crippen LogP contribution in [-0.4, -0.2) is 12.0 Å². The van der Waals surface area contributed by atoms with Gasteiger partial charge < -0.3 is 4.74 Å². The van der Waals surface area contributed by atoms with E-state index in [1.807, 2.05) is 6.92 Å². The molecule has 0 amide bonds. The van der Waals surface area contributed by atoms with Gasteiger partial charge in [-0.2, -0.15) is 0 Å². The Hall–Kier alpha value is 0.310. The third-order valence-electron chi connectivity index (χ3n) is 0.875. The molecule has 0 aromatic heterocycles. The summed E-state index contributed by atoms with van der Waals surface area (Å²) >= 11 is 4.94. The molecule has 49 valence electrons. The Bertz CT molecular complexity index is 54.5. The standard InChI is InChI=1S/C6H13OS/c1-4-7-6(8)5(2)3/h5-6H,4H2,1-3H3. The van der Waals surface area contributed by atoms with Gasteiger partial charge in [-0.1, -0.05) is 26.5 Å². The fourth-order valence-corrected chi connectivity index (χ4v) is 0.493. The Morgan fingerprint density at radius 2 is 2.00 bits per heavy atom. The monoisotopic (exact) mass is 133 g/mol. The Kier molecular flexibility index (Phi) is 4.38. The molecule has 1 radical (unpaired) electrons. The van der Waals surface area contributed by atoms with E-state index in [0.717, 1.165) is 6.61 Å². The Labute approximate surface area is 56.8 Å². The highest BCUT2D eigenvalue weighted by atomic mass is 32.1. The van der Waals surface area contributed by atoms with Gasteiger partial charge in [0, 0.05) is 6.61 Å². The van der Waals surface area contributed by atoms with Crippen LogP contribution in [0.3, 0.4) is 0 Å². The molecule has 0 saturated carbocycles. The third-order valence-corrected chi connectivity index (χ3v) is 1.56. The first-order valence-electron chi connectivity index (χ1n) is 2.96. The molecule has 2 heteroatoms. The first kappa shape index (κ1) is 8.31. The average molecular weight is 133 g/mol. The highest BCUT2D eigenvalue weighted by Crippen LogP contribution is 2.08. The van der Waals surface area contributed by atoms with Crippen molar-refractivity contribution in [1.82, 2.24) is 0 Å². The zero-order valence-corrected chi connectivity index (χ0v) is 6.49. The van der Waals surface area contributed by atoms with Crippen molar-refractivity contribution in [2.24, 2.45) is 5.92 Å². The number of hydrogen-bond acceptors (Lipinski definition) is 1. The van der Waals surface area contributed by atoms with Gasteiger partial charge in [-0.05, 0) is 12.8 Å². The molecule has 0 rings (SSSR count). The zero-order chi connectivity index (χ0) is 6.57. The SMILES string of the molecule is CCOC([S])C(C)C. The van der Waals surface area contributed by atoms with Crippen molar-refractivity contribution in [1.29, 1.82) is 0 Å². The summed E-state index contributed by atoms with van der Waals surface area (Å²) in [5, 5.41) is 0. The van der Waals surface area contributed by atoms with Crippen molar-refractivity contribution in [2.75, 3.05) is 6.61 Å². The van der Waals surface area contributed by atoms with E-state index >= 15 is 0 Å². The van der Waals surface area contributed by atoms with Crippen LogP contribution in [0.25, 0.3) is 0 Å². The summed E-state index contributed by atoms with van der Waals surface area (Å²) in [7, 11) is 0. The lowest BCUT2D eigenvalue weighted by Crippen LogP contribution is -2.11. The van der Waals surface area contributed by atoms with Gasteiger partial charge in [-0.25, -0.2) is 0 Å². The minimum atomic E-state index is -0.000000000000000222. The summed E-state index contributed by atoms with van der Waals surface area (Å²) in [5.41, 5.74) is -0.000000000000000222. The van der Waals surface area contributed by atoms with Crippen LogP contribution in [0, 0.1) is 5.92 Å². The zero-order valence-electron chi connectivity index (χ0n) is 5.68. The predicted molar refractivity (Wildman–Crippen MR) is 37.8 cm³/mol. The Morgan fingerprint density at radius 3 is 2.12 bits per heavy atom. The van der Waals surface area contributed by atoms with Crippen molar-refractivity contribution in [3.05, 3.63) is 0 Å². The van der Waals surface area contributed by atoms with Crippen LogP contribution in [-0.2, 0) is 4.74 Å². The van der Waals surface area contributed by atoms with Crippen molar-refractivity contribution >= 4 is 12.6 Å². The van der Waals surface area contributed by atoms with Gasteiger partial charge in [0.15, 0.2) is 0 Å². The number of hydrogen-bond donors (Lipinski definition) is 0. The van der Waals surface area contributed by atoms with Gasteiger partial charge in [0.25, 0.3) is 0 Å². The molecule has 0 aliphatic rings. The summed E-state index contributed by atoms with van der Waals surface area (Å²) in [6.07, 6.45) is 0. The molecule has 0 bridgehead atoms. The van der Waals surface area contributed by atoms with E-state index in [0.29, 0.717) is 5.92 Å². The van der Waals surface area contributed by atoms with Crippen molar-refractivity contribution in [3.8, 4) is 0 Å². The van der Waals surface area contributed by atoms with E-state index in [1.165, 1.54) is 0 Å². The first-order chi connectivity index (χ1) is 3.68. The molecule has 0 aromatic rings. The Balaban J connectivity index is 3.17. The highest BCUT2D eigenvalue weighted by Gasteiger charge is 2.06. The molecule has 1 atom stereocenters. The van der Waals surface area contributed by atoms with Crippen LogP contribution < -0.4 is 0 Å². The fourth-order valence-electron chi connectivity index (χ4n) is 0.357. The number of rotatable bonds is 3. The second-order valence-corrected chi connectivity index (χ2v) is 2.53. The van der Waals surface area contributed by atoms with E-state index in [2.05, 4.69) is 13.8 Å². The fraction of sp³-hybridized carbons (Fsp3) is 1.00. The summed E-state index contributed by atoms with van der Waals surface area (Å²) in [6.45, 7) is 6.81. The van der Waals surface area contributed by atoms with Crippen LogP contribution in [0.5, 0.6) is 0 Å². The van der Waals surface area contributed by atoms with E-state index in [-0.39, 0.29) is 5.44 Å². The Morgan fingerprint density at radius 1 is 1.50 bits per heavy atom. The highest BCUT2D eigenvalue weighted by molar-refractivity contribution is 7.80. The lowest BCUT2D eigenvalue weighted by molar-refractivity contribution is 0.0960. The van der Waals surface area contributed by atoms with Gasteiger partial charge >= 0.3 is 0 Å². The normalized spacial score (nSPS) is 14.6.